The number of hydrogen-bond acceptors (Lipinski definition) is 3. The van der Waals surface area contributed by atoms with Gasteiger partial charge in [-0.3, -0.25) is 0 Å². The van der Waals surface area contributed by atoms with Gasteiger partial charge >= 0.3 is 5.97 Å². The van der Waals surface area contributed by atoms with Crippen LogP contribution in [0.4, 0.5) is 8.78 Å². The molecule has 0 aliphatic heterocycles. The van der Waals surface area contributed by atoms with Gasteiger partial charge in [0.25, 0.3) is 0 Å². The Kier molecular flexibility index (Phi) is 4.30. The molecule has 2 aromatic rings. The van der Waals surface area contributed by atoms with Crippen molar-refractivity contribution in [1.29, 1.82) is 0 Å². The first kappa shape index (κ1) is 14.0. The van der Waals surface area contributed by atoms with Crippen LogP contribution in [-0.2, 0) is 4.74 Å². The molecule has 3 nitrogen and oxygen atoms in total. The summed E-state index contributed by atoms with van der Waals surface area (Å²) >= 11 is 0. The normalized spacial score (nSPS) is 10.2. The summed E-state index contributed by atoms with van der Waals surface area (Å²) in [5.74, 6) is -1.25. The van der Waals surface area contributed by atoms with Crippen molar-refractivity contribution in [2.45, 2.75) is 6.92 Å². The first-order chi connectivity index (χ1) is 9.60. The molecule has 0 aliphatic rings. The molecule has 104 valence electrons. The van der Waals surface area contributed by atoms with Crippen molar-refractivity contribution >= 4 is 5.97 Å². The molecule has 0 saturated heterocycles. The lowest BCUT2D eigenvalue weighted by Gasteiger charge is -2.10. The zero-order chi connectivity index (χ0) is 14.5. The molecule has 5 heteroatoms. The van der Waals surface area contributed by atoms with Gasteiger partial charge in [-0.15, -0.1) is 0 Å². The average molecular weight is 278 g/mol. The average Bonchev–Trinajstić information content (AvgIpc) is 2.42. The van der Waals surface area contributed by atoms with E-state index in [0.29, 0.717) is 5.75 Å². The lowest BCUT2D eigenvalue weighted by molar-refractivity contribution is 0.0523. The third-order valence-electron chi connectivity index (χ3n) is 2.48. The van der Waals surface area contributed by atoms with Crippen LogP contribution < -0.4 is 4.74 Å². The Labute approximate surface area is 114 Å². The highest BCUT2D eigenvalue weighted by Gasteiger charge is 2.15. The van der Waals surface area contributed by atoms with E-state index in [9.17, 15) is 13.6 Å². The molecule has 0 radical (unpaired) electrons. The van der Waals surface area contributed by atoms with Crippen LogP contribution in [0.2, 0.25) is 0 Å². The summed E-state index contributed by atoms with van der Waals surface area (Å²) in [6, 6.07) is 8.69. The standard InChI is InChI=1S/C15H12F2O3/c1-2-19-15(18)13-8-5-11(17)9-14(13)20-12-6-3-10(16)4-7-12/h3-9H,2H2,1H3. The maximum atomic E-state index is 13.3. The predicted octanol–water partition coefficient (Wildman–Crippen LogP) is 3.93. The summed E-state index contributed by atoms with van der Waals surface area (Å²) < 4.78 is 36.3. The van der Waals surface area contributed by atoms with Crippen LogP contribution in [0.1, 0.15) is 17.3 Å². The first-order valence-corrected chi connectivity index (χ1v) is 6.00. The van der Waals surface area contributed by atoms with E-state index in [1.807, 2.05) is 0 Å². The van der Waals surface area contributed by atoms with Gasteiger partial charge in [0.15, 0.2) is 0 Å². The lowest BCUT2D eigenvalue weighted by Crippen LogP contribution is -2.06. The first-order valence-electron chi connectivity index (χ1n) is 6.00. The van der Waals surface area contributed by atoms with Crippen molar-refractivity contribution in [3.8, 4) is 11.5 Å². The third-order valence-corrected chi connectivity index (χ3v) is 2.48. The second-order valence-electron chi connectivity index (χ2n) is 3.92. The second-order valence-corrected chi connectivity index (χ2v) is 3.92. The Morgan fingerprint density at radius 2 is 1.70 bits per heavy atom. The minimum absolute atomic E-state index is 0.0232. The zero-order valence-electron chi connectivity index (χ0n) is 10.7. The van der Waals surface area contributed by atoms with Crippen molar-refractivity contribution in [2.75, 3.05) is 6.61 Å². The Balaban J connectivity index is 2.31. The zero-order valence-corrected chi connectivity index (χ0v) is 10.7. The van der Waals surface area contributed by atoms with Gasteiger partial charge in [0.2, 0.25) is 0 Å². The number of rotatable bonds is 4. The lowest BCUT2D eigenvalue weighted by atomic mass is 10.2. The van der Waals surface area contributed by atoms with Crippen LogP contribution in [0.25, 0.3) is 0 Å². The van der Waals surface area contributed by atoms with E-state index < -0.39 is 17.6 Å². The van der Waals surface area contributed by atoms with Gasteiger partial charge in [-0.25, -0.2) is 13.6 Å². The second kappa shape index (κ2) is 6.14. The van der Waals surface area contributed by atoms with Gasteiger partial charge in [0.1, 0.15) is 28.7 Å². The van der Waals surface area contributed by atoms with Crippen molar-refractivity contribution < 1.29 is 23.0 Å². The molecule has 0 amide bonds. The molecule has 0 saturated carbocycles. The summed E-state index contributed by atoms with van der Waals surface area (Å²) in [4.78, 5) is 11.7. The predicted molar refractivity (Wildman–Crippen MR) is 68.8 cm³/mol. The molecule has 0 heterocycles. The molecular formula is C15H12F2O3. The molecule has 0 N–H and O–H groups in total. The van der Waals surface area contributed by atoms with E-state index in [1.54, 1.807) is 6.92 Å². The van der Waals surface area contributed by atoms with E-state index in [1.165, 1.54) is 30.3 Å². The quantitative estimate of drug-likeness (QED) is 0.795. The molecule has 0 fully saturated rings. The molecule has 0 atom stereocenters. The fourth-order valence-electron chi connectivity index (χ4n) is 1.59. The summed E-state index contributed by atoms with van der Waals surface area (Å²) in [7, 11) is 0. The van der Waals surface area contributed by atoms with E-state index in [2.05, 4.69) is 0 Å². The van der Waals surface area contributed by atoms with Crippen LogP contribution in [0.15, 0.2) is 42.5 Å². The molecule has 0 spiro atoms. The molecule has 2 aromatic carbocycles. The Hall–Kier alpha value is -2.43. The third kappa shape index (κ3) is 3.32. The SMILES string of the molecule is CCOC(=O)c1ccc(F)cc1Oc1ccc(F)cc1. The summed E-state index contributed by atoms with van der Waals surface area (Å²) in [6.07, 6.45) is 0. The fourth-order valence-corrected chi connectivity index (χ4v) is 1.59. The smallest absolute Gasteiger partial charge is 0.341 e. The highest BCUT2D eigenvalue weighted by Crippen LogP contribution is 2.27. The maximum Gasteiger partial charge on any atom is 0.341 e. The highest BCUT2D eigenvalue weighted by atomic mass is 19.1. The largest absolute Gasteiger partial charge is 0.462 e. The van der Waals surface area contributed by atoms with Gasteiger partial charge in [0, 0.05) is 6.07 Å². The Morgan fingerprint density at radius 3 is 2.35 bits per heavy atom. The fraction of sp³-hybridized carbons (Fsp3) is 0.133. The molecule has 0 bridgehead atoms. The number of carbonyl (C=O) groups excluding carboxylic acids is 1. The van der Waals surface area contributed by atoms with Crippen LogP contribution in [-0.4, -0.2) is 12.6 Å². The number of ether oxygens (including phenoxy) is 2. The van der Waals surface area contributed by atoms with Gasteiger partial charge < -0.3 is 9.47 Å². The van der Waals surface area contributed by atoms with Crippen molar-refractivity contribution in [3.05, 3.63) is 59.7 Å². The minimum atomic E-state index is -0.607. The van der Waals surface area contributed by atoms with Crippen LogP contribution >= 0.6 is 0 Å². The molecule has 0 aromatic heterocycles. The minimum Gasteiger partial charge on any atom is -0.462 e. The summed E-state index contributed by atoms with van der Waals surface area (Å²) in [6.45, 7) is 1.87. The van der Waals surface area contributed by atoms with Crippen LogP contribution in [0.5, 0.6) is 11.5 Å². The maximum absolute atomic E-state index is 13.3. The van der Waals surface area contributed by atoms with Gasteiger partial charge in [-0.2, -0.15) is 0 Å². The van der Waals surface area contributed by atoms with Gasteiger partial charge in [0.05, 0.1) is 6.61 Å². The number of halogens is 2. The van der Waals surface area contributed by atoms with E-state index in [4.69, 9.17) is 9.47 Å². The molecule has 20 heavy (non-hydrogen) atoms. The number of esters is 1. The summed E-state index contributed by atoms with van der Waals surface area (Å²) in [5.41, 5.74) is 0.109. The number of carbonyl (C=O) groups is 1. The Morgan fingerprint density at radius 1 is 1.05 bits per heavy atom. The van der Waals surface area contributed by atoms with Gasteiger partial charge in [-0.1, -0.05) is 0 Å². The number of hydrogen-bond donors (Lipinski definition) is 0. The summed E-state index contributed by atoms with van der Waals surface area (Å²) in [5, 5.41) is 0. The van der Waals surface area contributed by atoms with E-state index in [0.717, 1.165) is 12.1 Å². The number of benzene rings is 2. The van der Waals surface area contributed by atoms with Crippen molar-refractivity contribution in [2.24, 2.45) is 0 Å². The van der Waals surface area contributed by atoms with Crippen LogP contribution in [0.3, 0.4) is 0 Å². The van der Waals surface area contributed by atoms with E-state index >= 15 is 0 Å². The van der Waals surface area contributed by atoms with Gasteiger partial charge in [-0.05, 0) is 43.3 Å². The van der Waals surface area contributed by atoms with Crippen molar-refractivity contribution in [3.63, 3.8) is 0 Å². The highest BCUT2D eigenvalue weighted by molar-refractivity contribution is 5.92. The molecule has 2 rings (SSSR count). The monoisotopic (exact) mass is 278 g/mol. The topological polar surface area (TPSA) is 35.5 Å². The van der Waals surface area contributed by atoms with E-state index in [-0.39, 0.29) is 17.9 Å². The van der Waals surface area contributed by atoms with Crippen LogP contribution in [0, 0.1) is 11.6 Å². The molecule has 0 unspecified atom stereocenters. The molecular weight excluding hydrogens is 266 g/mol. The molecule has 0 aliphatic carbocycles. The Bertz CT molecular complexity index is 609. The van der Waals surface area contributed by atoms with Crippen molar-refractivity contribution in [1.82, 2.24) is 0 Å².